The number of carbonyl (C=O) groups excluding carboxylic acids is 2. The average Bonchev–Trinajstić information content (AvgIpc) is 3.04. The van der Waals surface area contributed by atoms with E-state index < -0.39 is 23.5 Å². The number of hydrogen-bond acceptors (Lipinski definition) is 4. The summed E-state index contributed by atoms with van der Waals surface area (Å²) in [5.74, 6) is -1.99. The number of halogens is 1. The minimum Gasteiger partial charge on any atom is -0.507 e. The molecule has 156 valence electrons. The van der Waals surface area contributed by atoms with Crippen LogP contribution in [-0.2, 0) is 14.3 Å². The number of amides is 1. The molecule has 1 amide bonds. The Morgan fingerprint density at radius 3 is 2.40 bits per heavy atom. The first-order valence-corrected chi connectivity index (χ1v) is 10.1. The van der Waals surface area contributed by atoms with Crippen LogP contribution in [0.3, 0.4) is 0 Å². The largest absolute Gasteiger partial charge is 0.507 e. The number of ketones is 1. The first-order valence-electron chi connectivity index (χ1n) is 10.1. The highest BCUT2D eigenvalue weighted by Gasteiger charge is 2.46. The minimum atomic E-state index is -0.758. The van der Waals surface area contributed by atoms with Gasteiger partial charge < -0.3 is 19.6 Å². The van der Waals surface area contributed by atoms with Crippen molar-refractivity contribution in [3.8, 4) is 0 Å². The van der Waals surface area contributed by atoms with Gasteiger partial charge in [0.1, 0.15) is 24.7 Å². The van der Waals surface area contributed by atoms with Gasteiger partial charge in [0.05, 0.1) is 37.9 Å². The summed E-state index contributed by atoms with van der Waals surface area (Å²) >= 11 is 0. The van der Waals surface area contributed by atoms with Crippen molar-refractivity contribution in [1.29, 1.82) is 0 Å². The quantitative estimate of drug-likeness (QED) is 0.440. The Morgan fingerprint density at radius 2 is 1.73 bits per heavy atom. The van der Waals surface area contributed by atoms with E-state index in [1.54, 1.807) is 42.5 Å². The van der Waals surface area contributed by atoms with Crippen LogP contribution in [0, 0.1) is 5.82 Å². The molecule has 2 aromatic rings. The summed E-state index contributed by atoms with van der Waals surface area (Å²) < 4.78 is 18.9. The summed E-state index contributed by atoms with van der Waals surface area (Å²) in [6, 6.07) is 13.6. The Labute approximate surface area is 174 Å². The Kier molecular flexibility index (Phi) is 5.92. The highest BCUT2D eigenvalue weighted by molar-refractivity contribution is 6.46. The van der Waals surface area contributed by atoms with Gasteiger partial charge in [-0.15, -0.1) is 0 Å². The molecule has 0 aromatic heterocycles. The first kappa shape index (κ1) is 20.3. The maximum Gasteiger partial charge on any atom is 0.295 e. The van der Waals surface area contributed by atoms with Gasteiger partial charge in [-0.05, 0) is 17.7 Å². The van der Waals surface area contributed by atoms with Gasteiger partial charge in [0.2, 0.25) is 0 Å². The molecule has 2 aliphatic rings. The van der Waals surface area contributed by atoms with E-state index in [1.165, 1.54) is 21.9 Å². The molecule has 2 aliphatic heterocycles. The lowest BCUT2D eigenvalue weighted by Gasteiger charge is -2.29. The number of nitrogens with one attached hydrogen (secondary N) is 1. The van der Waals surface area contributed by atoms with Crippen molar-refractivity contribution >= 4 is 17.4 Å². The van der Waals surface area contributed by atoms with Gasteiger partial charge in [0.25, 0.3) is 11.7 Å². The van der Waals surface area contributed by atoms with Gasteiger partial charge in [0.15, 0.2) is 0 Å². The number of likely N-dealkylation sites (tertiary alicyclic amines) is 1. The lowest BCUT2D eigenvalue weighted by atomic mass is 9.95. The molecule has 1 atom stereocenters. The molecule has 2 heterocycles. The van der Waals surface area contributed by atoms with Crippen LogP contribution in [0.15, 0.2) is 60.2 Å². The lowest BCUT2D eigenvalue weighted by molar-refractivity contribution is -0.907. The van der Waals surface area contributed by atoms with Gasteiger partial charge >= 0.3 is 0 Å². The molecule has 7 heteroatoms. The second kappa shape index (κ2) is 8.77. The maximum atomic E-state index is 13.5. The number of hydrogen-bond donors (Lipinski definition) is 2. The fourth-order valence-corrected chi connectivity index (χ4v) is 4.04. The van der Waals surface area contributed by atoms with Crippen molar-refractivity contribution in [3.63, 3.8) is 0 Å². The Morgan fingerprint density at radius 1 is 1.07 bits per heavy atom. The molecule has 0 spiro atoms. The number of benzene rings is 2. The van der Waals surface area contributed by atoms with E-state index in [1.807, 2.05) is 0 Å². The zero-order valence-corrected chi connectivity index (χ0v) is 16.5. The number of aliphatic hydroxyl groups excluding tert-OH is 1. The molecule has 4 rings (SSSR count). The number of rotatable bonds is 5. The number of quaternary nitrogens is 1. The number of nitrogens with zero attached hydrogens (tertiary/aromatic N) is 1. The van der Waals surface area contributed by atoms with Crippen LogP contribution < -0.4 is 4.90 Å². The predicted molar refractivity (Wildman–Crippen MR) is 108 cm³/mol. The Bertz CT molecular complexity index is 953. The van der Waals surface area contributed by atoms with E-state index in [4.69, 9.17) is 4.74 Å². The highest BCUT2D eigenvalue weighted by atomic mass is 19.1. The molecule has 6 nitrogen and oxygen atoms in total. The van der Waals surface area contributed by atoms with Gasteiger partial charge in [-0.1, -0.05) is 42.5 Å². The number of morpholine rings is 1. The van der Waals surface area contributed by atoms with Crippen molar-refractivity contribution in [2.75, 3.05) is 39.4 Å². The molecule has 2 fully saturated rings. The second-order valence-electron chi connectivity index (χ2n) is 7.52. The summed E-state index contributed by atoms with van der Waals surface area (Å²) in [6.07, 6.45) is 0. The van der Waals surface area contributed by atoms with E-state index in [2.05, 4.69) is 0 Å². The van der Waals surface area contributed by atoms with E-state index in [0.29, 0.717) is 37.4 Å². The Hall–Kier alpha value is -3.03. The highest BCUT2D eigenvalue weighted by Crippen LogP contribution is 2.39. The Balaban J connectivity index is 1.72. The van der Waals surface area contributed by atoms with E-state index in [-0.39, 0.29) is 11.3 Å². The molecule has 0 unspecified atom stereocenters. The molecule has 2 saturated heterocycles. The van der Waals surface area contributed by atoms with Crippen LogP contribution in [0.5, 0.6) is 0 Å². The van der Waals surface area contributed by atoms with Crippen LogP contribution in [0.2, 0.25) is 0 Å². The lowest BCUT2D eigenvalue weighted by Crippen LogP contribution is -3.14. The summed E-state index contributed by atoms with van der Waals surface area (Å²) in [7, 11) is 0. The molecule has 0 bridgehead atoms. The summed E-state index contributed by atoms with van der Waals surface area (Å²) in [6.45, 7) is 4.05. The minimum absolute atomic E-state index is 0.0368. The van der Waals surface area contributed by atoms with E-state index >= 15 is 0 Å². The van der Waals surface area contributed by atoms with Crippen LogP contribution in [0.1, 0.15) is 17.2 Å². The molecule has 30 heavy (non-hydrogen) atoms. The second-order valence-corrected chi connectivity index (χ2v) is 7.52. The van der Waals surface area contributed by atoms with Crippen molar-refractivity contribution < 1.29 is 28.7 Å². The van der Waals surface area contributed by atoms with Crippen molar-refractivity contribution in [2.45, 2.75) is 6.04 Å². The third kappa shape index (κ3) is 3.99. The zero-order valence-electron chi connectivity index (χ0n) is 16.5. The van der Waals surface area contributed by atoms with E-state index in [0.717, 1.165) is 13.1 Å². The van der Waals surface area contributed by atoms with Gasteiger partial charge in [-0.2, -0.15) is 0 Å². The van der Waals surface area contributed by atoms with Gasteiger partial charge in [-0.3, -0.25) is 9.59 Å². The first-order chi connectivity index (χ1) is 14.6. The smallest absolute Gasteiger partial charge is 0.295 e. The summed E-state index contributed by atoms with van der Waals surface area (Å²) in [5.41, 5.74) is 1.08. The SMILES string of the molecule is O=C1C(=O)N(CC[NH+]2CCOCC2)[C@@H](c2ccc(F)cc2)C1=C(O)c1ccccc1. The number of Topliss-reactive ketones (excluding diaryl/α,β-unsaturated/α-hetero) is 1. The maximum absolute atomic E-state index is 13.5. The molecular weight excluding hydrogens is 387 g/mol. The van der Waals surface area contributed by atoms with Crippen LogP contribution in [-0.4, -0.2) is 61.1 Å². The molecule has 0 saturated carbocycles. The topological polar surface area (TPSA) is 71.3 Å². The standard InChI is InChI=1S/C23H23FN2O4/c24-18-8-6-16(7-9-18)20-19(21(27)17-4-2-1-3-5-17)22(28)23(29)26(20)11-10-25-12-14-30-15-13-25/h1-9,20,27H,10-15H2/p+1/t20-/m0/s1. The number of ether oxygens (including phenoxy) is 1. The predicted octanol–water partition coefficient (Wildman–Crippen LogP) is 1.16. The third-order valence-corrected chi connectivity index (χ3v) is 5.68. The third-order valence-electron chi connectivity index (χ3n) is 5.68. The van der Waals surface area contributed by atoms with Crippen LogP contribution >= 0.6 is 0 Å². The van der Waals surface area contributed by atoms with Crippen molar-refractivity contribution in [2.24, 2.45) is 0 Å². The van der Waals surface area contributed by atoms with Gasteiger partial charge in [0, 0.05) is 5.56 Å². The van der Waals surface area contributed by atoms with Gasteiger partial charge in [-0.25, -0.2) is 4.39 Å². The molecule has 2 N–H and O–H groups in total. The van der Waals surface area contributed by atoms with Crippen LogP contribution in [0.25, 0.3) is 5.76 Å². The van der Waals surface area contributed by atoms with Crippen molar-refractivity contribution in [3.05, 3.63) is 77.1 Å². The molecular formula is C23H24FN2O4+. The normalized spacial score (nSPS) is 21.9. The fraction of sp³-hybridized carbons (Fsp3) is 0.304. The monoisotopic (exact) mass is 411 g/mol. The number of aliphatic hydroxyl groups is 1. The summed E-state index contributed by atoms with van der Waals surface area (Å²) in [5, 5.41) is 10.9. The fourth-order valence-electron chi connectivity index (χ4n) is 4.04. The van der Waals surface area contributed by atoms with Crippen molar-refractivity contribution in [1.82, 2.24) is 4.90 Å². The molecule has 2 aromatic carbocycles. The summed E-state index contributed by atoms with van der Waals surface area (Å²) in [4.78, 5) is 28.6. The molecule has 0 radical (unpaired) electrons. The van der Waals surface area contributed by atoms with Crippen LogP contribution in [0.4, 0.5) is 4.39 Å². The number of carbonyl (C=O) groups is 2. The zero-order chi connectivity index (χ0) is 21.1. The van der Waals surface area contributed by atoms with E-state index in [9.17, 15) is 19.1 Å². The average molecular weight is 411 g/mol. The molecule has 0 aliphatic carbocycles.